The summed E-state index contributed by atoms with van der Waals surface area (Å²) in [6.45, 7) is 10.7. The molecule has 2 nitrogen and oxygen atoms in total. The summed E-state index contributed by atoms with van der Waals surface area (Å²) in [7, 11) is 0.485. The fourth-order valence-corrected chi connectivity index (χ4v) is 1.90. The van der Waals surface area contributed by atoms with Gasteiger partial charge in [-0.3, -0.25) is 0 Å². The molecule has 0 unspecified atom stereocenters. The Bertz CT molecular complexity index is 338. The normalized spacial score (nSPS) is 12.8. The van der Waals surface area contributed by atoms with Crippen molar-refractivity contribution >= 4 is 15.5 Å². The second-order valence-electron chi connectivity index (χ2n) is 5.59. The minimum atomic E-state index is -0.251. The van der Waals surface area contributed by atoms with Crippen LogP contribution in [-0.2, 0) is 10.0 Å². The highest BCUT2D eigenvalue weighted by Gasteiger charge is 2.24. The van der Waals surface area contributed by atoms with Crippen molar-refractivity contribution in [3.8, 4) is 0 Å². The predicted octanol–water partition coefficient (Wildman–Crippen LogP) is 3.36. The van der Waals surface area contributed by atoms with Crippen molar-refractivity contribution < 1.29 is 4.43 Å². The predicted molar refractivity (Wildman–Crippen MR) is 70.4 cm³/mol. The molecule has 3 heteroatoms. The van der Waals surface area contributed by atoms with Crippen molar-refractivity contribution in [2.45, 2.75) is 45.3 Å². The zero-order chi connectivity index (χ0) is 12.4. The van der Waals surface area contributed by atoms with Crippen LogP contribution in [0.25, 0.3) is 0 Å². The third-order valence-electron chi connectivity index (χ3n) is 2.22. The molecule has 2 radical (unpaired) electrons. The zero-order valence-electron chi connectivity index (χ0n) is 10.8. The van der Waals surface area contributed by atoms with Crippen molar-refractivity contribution in [3.05, 3.63) is 29.8 Å². The van der Waals surface area contributed by atoms with Crippen LogP contribution in [0.15, 0.2) is 24.3 Å². The largest absolute Gasteiger partial charge is 0.408 e. The van der Waals surface area contributed by atoms with Crippen LogP contribution in [0.4, 0.5) is 5.69 Å². The molecule has 0 amide bonds. The molecule has 0 saturated carbocycles. The molecule has 88 valence electrons. The Kier molecular flexibility index (Phi) is 3.81. The number of hydrogen-bond acceptors (Lipinski definition) is 2. The molecule has 0 saturated heterocycles. The van der Waals surface area contributed by atoms with Crippen molar-refractivity contribution in [2.75, 3.05) is 5.73 Å². The first-order valence-corrected chi connectivity index (χ1v) is 6.43. The van der Waals surface area contributed by atoms with Gasteiger partial charge in [0.15, 0.2) is 0 Å². The van der Waals surface area contributed by atoms with E-state index in [1.54, 1.807) is 0 Å². The zero-order valence-corrected chi connectivity index (χ0v) is 11.8. The van der Waals surface area contributed by atoms with Gasteiger partial charge in [-0.2, -0.15) is 0 Å². The van der Waals surface area contributed by atoms with Crippen molar-refractivity contribution in [3.63, 3.8) is 0 Å². The van der Waals surface area contributed by atoms with E-state index in [0.717, 1.165) is 5.69 Å². The molecule has 1 aromatic carbocycles. The molecule has 1 rings (SSSR count). The highest BCUT2D eigenvalue weighted by Crippen LogP contribution is 2.29. The molecule has 1 aromatic rings. The van der Waals surface area contributed by atoms with E-state index in [-0.39, 0.29) is 10.6 Å². The fourth-order valence-electron chi connectivity index (χ4n) is 1.22. The summed E-state index contributed by atoms with van der Waals surface area (Å²) in [5.74, 6) is 0. The number of rotatable bonds is 3. The molecular weight excluding hydrogens is 214 g/mol. The van der Waals surface area contributed by atoms with Gasteiger partial charge in [-0.05, 0) is 36.6 Å². The Balaban J connectivity index is 2.73. The number of hydrogen-bond donors (Lipinski definition) is 1. The Morgan fingerprint density at radius 1 is 1.00 bits per heavy atom. The number of nitrogens with two attached hydrogens (primary N) is 1. The molecule has 0 bridgehead atoms. The maximum Gasteiger partial charge on any atom is 0.236 e. The molecule has 0 aromatic heterocycles. The Morgan fingerprint density at radius 3 is 1.94 bits per heavy atom. The van der Waals surface area contributed by atoms with E-state index in [1.165, 1.54) is 5.56 Å². The monoisotopic (exact) mass is 235 g/mol. The lowest BCUT2D eigenvalue weighted by molar-refractivity contribution is 0.109. The Morgan fingerprint density at radius 2 is 1.50 bits per heavy atom. The standard InChI is InChI=1S/C13H21NOSi/c1-12(2,3)16-15-13(4,5)10-6-8-11(14)9-7-10/h6-9H,14H2,1-5H3. The van der Waals surface area contributed by atoms with Gasteiger partial charge in [0.2, 0.25) is 9.76 Å². The highest BCUT2D eigenvalue weighted by atomic mass is 28.2. The van der Waals surface area contributed by atoms with Crippen LogP contribution in [0.3, 0.4) is 0 Å². The molecule has 0 spiro atoms. The van der Waals surface area contributed by atoms with Gasteiger partial charge in [-0.25, -0.2) is 0 Å². The van der Waals surface area contributed by atoms with Crippen LogP contribution in [0, 0.1) is 0 Å². The third kappa shape index (κ3) is 3.98. The average Bonchev–Trinajstić information content (AvgIpc) is 2.15. The SMILES string of the molecule is CC(C)(C)[Si]OC(C)(C)c1ccc(N)cc1. The third-order valence-corrected chi connectivity index (χ3v) is 3.44. The van der Waals surface area contributed by atoms with Crippen LogP contribution in [0.2, 0.25) is 5.04 Å². The fraction of sp³-hybridized carbons (Fsp3) is 0.538. The van der Waals surface area contributed by atoms with E-state index in [4.69, 9.17) is 10.2 Å². The summed E-state index contributed by atoms with van der Waals surface area (Å²) in [5, 5.41) is 0.213. The smallest absolute Gasteiger partial charge is 0.236 e. The Labute approximate surface area is 101 Å². The molecule has 0 aliphatic rings. The van der Waals surface area contributed by atoms with Gasteiger partial charge in [0.25, 0.3) is 0 Å². The van der Waals surface area contributed by atoms with E-state index >= 15 is 0 Å². The minimum absolute atomic E-state index is 0.213. The molecule has 0 fully saturated rings. The van der Waals surface area contributed by atoms with Crippen molar-refractivity contribution in [2.24, 2.45) is 0 Å². The summed E-state index contributed by atoms with van der Waals surface area (Å²) in [4.78, 5) is 0. The van der Waals surface area contributed by atoms with Crippen LogP contribution >= 0.6 is 0 Å². The van der Waals surface area contributed by atoms with Gasteiger partial charge in [-0.15, -0.1) is 0 Å². The molecule has 2 N–H and O–H groups in total. The molecular formula is C13H21NOSi. The lowest BCUT2D eigenvalue weighted by Crippen LogP contribution is -2.27. The quantitative estimate of drug-likeness (QED) is 0.644. The minimum Gasteiger partial charge on any atom is -0.408 e. The highest BCUT2D eigenvalue weighted by molar-refractivity contribution is 6.31. The summed E-state index contributed by atoms with van der Waals surface area (Å²) in [6.07, 6.45) is 0. The van der Waals surface area contributed by atoms with Gasteiger partial charge in [0, 0.05) is 5.69 Å². The maximum absolute atomic E-state index is 6.01. The summed E-state index contributed by atoms with van der Waals surface area (Å²) >= 11 is 0. The van der Waals surface area contributed by atoms with Crippen LogP contribution in [-0.4, -0.2) is 9.76 Å². The first kappa shape index (κ1) is 13.3. The van der Waals surface area contributed by atoms with Crippen LogP contribution in [0.5, 0.6) is 0 Å². The van der Waals surface area contributed by atoms with Crippen LogP contribution in [0.1, 0.15) is 40.2 Å². The van der Waals surface area contributed by atoms with Crippen molar-refractivity contribution in [1.82, 2.24) is 0 Å². The van der Waals surface area contributed by atoms with E-state index in [0.29, 0.717) is 9.76 Å². The topological polar surface area (TPSA) is 35.2 Å². The summed E-state index contributed by atoms with van der Waals surface area (Å²) in [5.41, 5.74) is 7.38. The Hall–Kier alpha value is -0.803. The lowest BCUT2D eigenvalue weighted by atomic mass is 9.98. The second kappa shape index (κ2) is 4.59. The van der Waals surface area contributed by atoms with E-state index in [9.17, 15) is 0 Å². The van der Waals surface area contributed by atoms with Gasteiger partial charge in [-0.1, -0.05) is 32.9 Å². The number of benzene rings is 1. The molecule has 0 atom stereocenters. The van der Waals surface area contributed by atoms with Crippen LogP contribution < -0.4 is 5.73 Å². The summed E-state index contributed by atoms with van der Waals surface area (Å²) in [6, 6.07) is 7.90. The van der Waals surface area contributed by atoms with Gasteiger partial charge < -0.3 is 10.2 Å². The van der Waals surface area contributed by atoms with E-state index < -0.39 is 0 Å². The number of anilines is 1. The molecule has 0 aliphatic heterocycles. The van der Waals surface area contributed by atoms with Crippen molar-refractivity contribution in [1.29, 1.82) is 0 Å². The van der Waals surface area contributed by atoms with E-state index in [1.807, 2.05) is 24.3 Å². The second-order valence-corrected chi connectivity index (χ2v) is 7.49. The van der Waals surface area contributed by atoms with Gasteiger partial charge in [0.1, 0.15) is 0 Å². The first-order valence-electron chi connectivity index (χ1n) is 5.52. The number of nitrogen functional groups attached to an aromatic ring is 1. The van der Waals surface area contributed by atoms with Gasteiger partial charge >= 0.3 is 0 Å². The average molecular weight is 235 g/mol. The molecule has 0 aliphatic carbocycles. The lowest BCUT2D eigenvalue weighted by Gasteiger charge is -2.29. The molecule has 16 heavy (non-hydrogen) atoms. The first-order chi connectivity index (χ1) is 7.21. The van der Waals surface area contributed by atoms with E-state index in [2.05, 4.69) is 34.6 Å². The summed E-state index contributed by atoms with van der Waals surface area (Å²) < 4.78 is 6.01. The van der Waals surface area contributed by atoms with Gasteiger partial charge in [0.05, 0.1) is 5.60 Å². The maximum atomic E-state index is 6.01. The molecule has 0 heterocycles.